The van der Waals surface area contributed by atoms with Crippen LogP contribution < -0.4 is 10.6 Å². The fraction of sp³-hybridized carbons (Fsp3) is 0.0625. The number of anilines is 1. The van der Waals surface area contributed by atoms with Gasteiger partial charge in [0.15, 0.2) is 5.11 Å². The van der Waals surface area contributed by atoms with Gasteiger partial charge >= 0.3 is 5.97 Å². The van der Waals surface area contributed by atoms with Crippen molar-refractivity contribution >= 4 is 69.1 Å². The number of benzene rings is 2. The van der Waals surface area contributed by atoms with Crippen LogP contribution in [0.15, 0.2) is 36.4 Å². The summed E-state index contributed by atoms with van der Waals surface area (Å²) in [5.41, 5.74) is 1.74. The van der Waals surface area contributed by atoms with Crippen LogP contribution in [-0.2, 0) is 0 Å². The van der Waals surface area contributed by atoms with Crippen LogP contribution in [0.25, 0.3) is 0 Å². The number of carboxylic acid groups (broad SMARTS) is 1. The molecule has 0 saturated heterocycles. The Morgan fingerprint density at radius 1 is 1.21 bits per heavy atom. The number of carbonyl (C=O) groups excluding carboxylic acids is 1. The van der Waals surface area contributed by atoms with Gasteiger partial charge < -0.3 is 10.4 Å². The fourth-order valence-corrected chi connectivity index (χ4v) is 2.78. The number of carbonyl (C=O) groups is 2. The molecule has 24 heavy (non-hydrogen) atoms. The second-order valence-corrected chi connectivity index (χ2v) is 6.93. The third kappa shape index (κ3) is 4.65. The van der Waals surface area contributed by atoms with E-state index in [1.54, 1.807) is 31.2 Å². The molecular formula is C16H12ClIN2O3S. The second-order valence-electron chi connectivity index (χ2n) is 4.87. The minimum Gasteiger partial charge on any atom is -0.478 e. The van der Waals surface area contributed by atoms with E-state index in [9.17, 15) is 9.59 Å². The molecule has 2 aromatic carbocycles. The Morgan fingerprint density at radius 3 is 2.58 bits per heavy atom. The number of amides is 1. The van der Waals surface area contributed by atoms with Crippen molar-refractivity contribution in [2.45, 2.75) is 6.92 Å². The van der Waals surface area contributed by atoms with Crippen molar-refractivity contribution in [3.8, 4) is 0 Å². The second kappa shape index (κ2) is 7.91. The van der Waals surface area contributed by atoms with E-state index in [2.05, 4.69) is 33.2 Å². The Labute approximate surface area is 162 Å². The molecule has 5 nitrogen and oxygen atoms in total. The molecule has 0 aliphatic heterocycles. The first-order valence-corrected chi connectivity index (χ1v) is 8.55. The molecular weight excluding hydrogens is 463 g/mol. The van der Waals surface area contributed by atoms with E-state index in [4.69, 9.17) is 28.9 Å². The maximum absolute atomic E-state index is 12.3. The van der Waals surface area contributed by atoms with E-state index in [0.717, 1.165) is 9.13 Å². The van der Waals surface area contributed by atoms with Gasteiger partial charge in [0.2, 0.25) is 0 Å². The summed E-state index contributed by atoms with van der Waals surface area (Å²) in [6.45, 7) is 1.80. The minimum atomic E-state index is -1.04. The Bertz CT molecular complexity index is 842. The molecule has 8 heteroatoms. The van der Waals surface area contributed by atoms with Gasteiger partial charge in [-0.3, -0.25) is 10.1 Å². The molecule has 0 aliphatic rings. The standard InChI is InChI=1S/C16H12ClIN2O3S/c1-8-2-3-9(15(22)23)6-13(8)19-16(24)20-14(21)11-7-10(18)4-5-12(11)17/h2-7H,1H3,(H,22,23)(H2,19,20,21,24). The molecule has 0 unspecified atom stereocenters. The highest BCUT2D eigenvalue weighted by atomic mass is 127. The Hall–Kier alpha value is -1.71. The van der Waals surface area contributed by atoms with E-state index < -0.39 is 11.9 Å². The van der Waals surface area contributed by atoms with Crippen molar-refractivity contribution in [3.63, 3.8) is 0 Å². The van der Waals surface area contributed by atoms with Crippen molar-refractivity contribution in [1.82, 2.24) is 5.32 Å². The van der Waals surface area contributed by atoms with Gasteiger partial charge in [0, 0.05) is 9.26 Å². The predicted octanol–water partition coefficient (Wildman–Crippen LogP) is 4.08. The van der Waals surface area contributed by atoms with Gasteiger partial charge in [0.25, 0.3) is 5.91 Å². The summed E-state index contributed by atoms with van der Waals surface area (Å²) in [6.07, 6.45) is 0. The fourth-order valence-electron chi connectivity index (χ4n) is 1.89. The average Bonchev–Trinajstić information content (AvgIpc) is 2.51. The number of thiocarbonyl (C=S) groups is 1. The topological polar surface area (TPSA) is 78.4 Å². The van der Waals surface area contributed by atoms with Crippen molar-refractivity contribution in [3.05, 3.63) is 61.7 Å². The molecule has 2 rings (SSSR count). The molecule has 0 aromatic heterocycles. The number of nitrogens with one attached hydrogen (secondary N) is 2. The van der Waals surface area contributed by atoms with E-state index in [1.165, 1.54) is 12.1 Å². The van der Waals surface area contributed by atoms with Crippen LogP contribution >= 0.6 is 46.4 Å². The number of halogens is 2. The normalized spacial score (nSPS) is 10.1. The summed E-state index contributed by atoms with van der Waals surface area (Å²) in [5, 5.41) is 14.8. The number of rotatable bonds is 3. The number of hydrogen-bond donors (Lipinski definition) is 3. The smallest absolute Gasteiger partial charge is 0.335 e. The molecule has 124 valence electrons. The average molecular weight is 475 g/mol. The van der Waals surface area contributed by atoms with Crippen LogP contribution in [0.4, 0.5) is 5.69 Å². The van der Waals surface area contributed by atoms with E-state index in [-0.39, 0.29) is 10.7 Å². The third-order valence-corrected chi connectivity index (χ3v) is 4.34. The van der Waals surface area contributed by atoms with Gasteiger partial charge in [-0.15, -0.1) is 0 Å². The molecule has 0 saturated carbocycles. The van der Waals surface area contributed by atoms with E-state index >= 15 is 0 Å². The summed E-state index contributed by atoms with van der Waals surface area (Å²) in [4.78, 5) is 23.3. The Balaban J connectivity index is 2.13. The van der Waals surface area contributed by atoms with Gasteiger partial charge in [0.1, 0.15) is 0 Å². The zero-order valence-electron chi connectivity index (χ0n) is 12.4. The first-order chi connectivity index (χ1) is 11.3. The number of aromatic carboxylic acids is 1. The molecule has 0 aliphatic carbocycles. The van der Waals surface area contributed by atoms with Crippen LogP contribution in [0, 0.1) is 10.5 Å². The summed E-state index contributed by atoms with van der Waals surface area (Å²) < 4.78 is 0.867. The summed E-state index contributed by atoms with van der Waals surface area (Å²) >= 11 is 13.2. The van der Waals surface area contributed by atoms with Crippen LogP contribution in [0.2, 0.25) is 5.02 Å². The lowest BCUT2D eigenvalue weighted by Gasteiger charge is -2.13. The maximum Gasteiger partial charge on any atom is 0.335 e. The van der Waals surface area contributed by atoms with Crippen molar-refractivity contribution in [1.29, 1.82) is 0 Å². The quantitative estimate of drug-likeness (QED) is 0.462. The SMILES string of the molecule is Cc1ccc(C(=O)O)cc1NC(=S)NC(=O)c1cc(I)ccc1Cl. The Kier molecular flexibility index (Phi) is 6.14. The van der Waals surface area contributed by atoms with Gasteiger partial charge in [-0.25, -0.2) is 4.79 Å². The highest BCUT2D eigenvalue weighted by Crippen LogP contribution is 2.19. The first-order valence-electron chi connectivity index (χ1n) is 6.69. The number of aryl methyl sites for hydroxylation is 1. The molecule has 0 spiro atoms. The summed E-state index contributed by atoms with van der Waals surface area (Å²) in [7, 11) is 0. The Morgan fingerprint density at radius 2 is 1.92 bits per heavy atom. The lowest BCUT2D eigenvalue weighted by Crippen LogP contribution is -2.34. The van der Waals surface area contributed by atoms with Crippen molar-refractivity contribution in [2.75, 3.05) is 5.32 Å². The minimum absolute atomic E-state index is 0.0561. The summed E-state index contributed by atoms with van der Waals surface area (Å²) in [6, 6.07) is 9.68. The molecule has 0 heterocycles. The number of hydrogen-bond acceptors (Lipinski definition) is 3. The number of carboxylic acids is 1. The molecule has 0 atom stereocenters. The zero-order chi connectivity index (χ0) is 17.9. The lowest BCUT2D eigenvalue weighted by molar-refractivity contribution is 0.0696. The molecule has 2 aromatic rings. The van der Waals surface area contributed by atoms with Gasteiger partial charge in [-0.1, -0.05) is 17.7 Å². The molecule has 0 fully saturated rings. The van der Waals surface area contributed by atoms with Gasteiger partial charge in [-0.05, 0) is 77.6 Å². The zero-order valence-corrected chi connectivity index (χ0v) is 16.1. The van der Waals surface area contributed by atoms with Gasteiger partial charge in [-0.2, -0.15) is 0 Å². The van der Waals surface area contributed by atoms with Crippen LogP contribution in [0.3, 0.4) is 0 Å². The predicted molar refractivity (Wildman–Crippen MR) is 106 cm³/mol. The third-order valence-electron chi connectivity index (χ3n) is 3.13. The monoisotopic (exact) mass is 474 g/mol. The highest BCUT2D eigenvalue weighted by molar-refractivity contribution is 14.1. The van der Waals surface area contributed by atoms with E-state index in [0.29, 0.717) is 16.3 Å². The van der Waals surface area contributed by atoms with Gasteiger partial charge in [0.05, 0.1) is 16.1 Å². The molecule has 3 N–H and O–H groups in total. The van der Waals surface area contributed by atoms with Crippen LogP contribution in [-0.4, -0.2) is 22.1 Å². The van der Waals surface area contributed by atoms with E-state index in [1.807, 2.05) is 0 Å². The molecule has 0 bridgehead atoms. The van der Waals surface area contributed by atoms with Crippen LogP contribution in [0.1, 0.15) is 26.3 Å². The highest BCUT2D eigenvalue weighted by Gasteiger charge is 2.13. The first kappa shape index (κ1) is 18.6. The summed E-state index contributed by atoms with van der Waals surface area (Å²) in [5.74, 6) is -1.48. The van der Waals surface area contributed by atoms with Crippen LogP contribution in [0.5, 0.6) is 0 Å². The largest absolute Gasteiger partial charge is 0.478 e. The van der Waals surface area contributed by atoms with Crippen molar-refractivity contribution in [2.24, 2.45) is 0 Å². The van der Waals surface area contributed by atoms with Crippen molar-refractivity contribution < 1.29 is 14.7 Å². The lowest BCUT2D eigenvalue weighted by atomic mass is 10.1. The maximum atomic E-state index is 12.3. The molecule has 0 radical (unpaired) electrons. The molecule has 1 amide bonds.